The van der Waals surface area contributed by atoms with Gasteiger partial charge in [-0.3, -0.25) is 4.79 Å². The molecule has 3 N–H and O–H groups in total. The van der Waals surface area contributed by atoms with Gasteiger partial charge < -0.3 is 16.0 Å². The summed E-state index contributed by atoms with van der Waals surface area (Å²) < 4.78 is 40.4. The van der Waals surface area contributed by atoms with Crippen molar-refractivity contribution in [1.82, 2.24) is 9.88 Å². The number of amides is 1. The third-order valence-electron chi connectivity index (χ3n) is 3.41. The van der Waals surface area contributed by atoms with Crippen LogP contribution in [-0.2, 0) is 11.3 Å². The molecule has 27 heavy (non-hydrogen) atoms. The molecular weight excluding hydrogens is 359 g/mol. The molecule has 0 unspecified atom stereocenters. The first-order valence-electron chi connectivity index (χ1n) is 7.84. The van der Waals surface area contributed by atoms with E-state index in [0.717, 1.165) is 11.8 Å². The predicted molar refractivity (Wildman–Crippen MR) is 97.3 cm³/mol. The number of nitrogens with two attached hydrogens (primary N) is 1. The van der Waals surface area contributed by atoms with Crippen LogP contribution in [0.5, 0.6) is 0 Å². The number of nitrogens with one attached hydrogen (secondary N) is 1. The molecule has 1 aromatic heterocycles. The normalized spacial score (nSPS) is 12.6. The summed E-state index contributed by atoms with van der Waals surface area (Å²) in [6, 6.07) is 11.0. The number of aliphatic imine (C=N–C) groups is 1. The Morgan fingerprint density at radius 1 is 1.26 bits per heavy atom. The fourth-order valence-electron chi connectivity index (χ4n) is 2.16. The number of carbonyl (C=O) groups is 1. The van der Waals surface area contributed by atoms with Gasteiger partial charge in [0, 0.05) is 31.7 Å². The zero-order valence-electron chi connectivity index (χ0n) is 14.4. The average Bonchev–Trinajstić information content (AvgIpc) is 2.65. The van der Waals surface area contributed by atoms with Gasteiger partial charge in [-0.1, -0.05) is 18.2 Å². The van der Waals surface area contributed by atoms with E-state index >= 15 is 0 Å². The summed E-state index contributed by atoms with van der Waals surface area (Å²) in [4.78, 5) is 19.5. The molecule has 0 aliphatic rings. The lowest BCUT2D eigenvalue weighted by atomic mass is 10.2. The van der Waals surface area contributed by atoms with Crippen molar-refractivity contribution in [1.29, 1.82) is 0 Å². The van der Waals surface area contributed by atoms with Crippen LogP contribution in [0.15, 0.2) is 65.6 Å². The van der Waals surface area contributed by atoms with Crippen molar-refractivity contribution in [2.75, 3.05) is 12.4 Å². The lowest BCUT2D eigenvalue weighted by molar-refractivity contribution is -0.117. The van der Waals surface area contributed by atoms with Gasteiger partial charge in [0.15, 0.2) is 11.5 Å². The van der Waals surface area contributed by atoms with Gasteiger partial charge in [-0.2, -0.15) is 13.2 Å². The monoisotopic (exact) mass is 377 g/mol. The van der Waals surface area contributed by atoms with Crippen molar-refractivity contribution in [2.45, 2.75) is 12.7 Å². The number of hydrogen-bond donors (Lipinski definition) is 2. The molecule has 1 amide bonds. The van der Waals surface area contributed by atoms with Crippen molar-refractivity contribution < 1.29 is 18.0 Å². The summed E-state index contributed by atoms with van der Waals surface area (Å²) in [5.41, 5.74) is 5.05. The molecule has 0 radical (unpaired) electrons. The van der Waals surface area contributed by atoms with Gasteiger partial charge in [0.05, 0.1) is 5.70 Å². The Morgan fingerprint density at radius 2 is 1.96 bits per heavy atom. The SMILES string of the molecule is CN(C=O)Cc1ccc(NC(=C/N)/C(=N/c2ccccn2)C(F)(F)F)cc1. The zero-order chi connectivity index (χ0) is 19.9. The van der Waals surface area contributed by atoms with Crippen molar-refractivity contribution in [3.05, 3.63) is 66.1 Å². The maximum absolute atomic E-state index is 13.5. The van der Waals surface area contributed by atoms with Crippen LogP contribution in [0.3, 0.4) is 0 Å². The average molecular weight is 377 g/mol. The summed E-state index contributed by atoms with van der Waals surface area (Å²) in [5, 5.41) is 2.62. The number of alkyl halides is 3. The largest absolute Gasteiger partial charge is 0.435 e. The fourth-order valence-corrected chi connectivity index (χ4v) is 2.16. The maximum Gasteiger partial charge on any atom is 0.435 e. The standard InChI is InChI=1S/C18H18F3N5O/c1-26(12-27)11-13-5-7-14(8-6-13)24-15(10-22)17(18(19,20)21)25-16-4-2-3-9-23-16/h2-10,12,24H,11,22H2,1H3/b15-10+,25-17-. The first kappa shape index (κ1) is 20.0. The number of rotatable bonds is 7. The van der Waals surface area contributed by atoms with Gasteiger partial charge in [-0.25, -0.2) is 9.98 Å². The second-order valence-corrected chi connectivity index (χ2v) is 5.57. The minimum atomic E-state index is -4.73. The minimum absolute atomic E-state index is 0.0850. The van der Waals surface area contributed by atoms with E-state index in [4.69, 9.17) is 5.73 Å². The molecule has 0 saturated heterocycles. The van der Waals surface area contributed by atoms with E-state index in [1.807, 2.05) is 0 Å². The molecule has 9 heteroatoms. The highest BCUT2D eigenvalue weighted by molar-refractivity contribution is 6.07. The van der Waals surface area contributed by atoms with Crippen molar-refractivity contribution in [3.8, 4) is 0 Å². The van der Waals surface area contributed by atoms with Crippen LogP contribution in [0, 0.1) is 0 Å². The van der Waals surface area contributed by atoms with E-state index < -0.39 is 17.6 Å². The number of benzene rings is 1. The molecule has 2 aromatic rings. The maximum atomic E-state index is 13.5. The van der Waals surface area contributed by atoms with Gasteiger partial charge in [0.25, 0.3) is 0 Å². The van der Waals surface area contributed by atoms with E-state index in [0.29, 0.717) is 18.6 Å². The molecule has 2 rings (SSSR count). The number of aromatic nitrogens is 1. The Bertz CT molecular complexity index is 817. The molecule has 0 aliphatic carbocycles. The Kier molecular flexibility index (Phi) is 6.53. The Morgan fingerprint density at radius 3 is 2.48 bits per heavy atom. The highest BCUT2D eigenvalue weighted by Gasteiger charge is 2.38. The minimum Gasteiger partial charge on any atom is -0.403 e. The number of nitrogens with zero attached hydrogens (tertiary/aromatic N) is 3. The third-order valence-corrected chi connectivity index (χ3v) is 3.41. The van der Waals surface area contributed by atoms with Crippen LogP contribution in [0.2, 0.25) is 0 Å². The highest BCUT2D eigenvalue weighted by atomic mass is 19.4. The Balaban J connectivity index is 2.25. The van der Waals surface area contributed by atoms with Crippen LogP contribution in [0.4, 0.5) is 24.7 Å². The van der Waals surface area contributed by atoms with E-state index in [2.05, 4.69) is 15.3 Å². The van der Waals surface area contributed by atoms with E-state index in [9.17, 15) is 18.0 Å². The van der Waals surface area contributed by atoms with Gasteiger partial charge in [0.1, 0.15) is 0 Å². The van der Waals surface area contributed by atoms with Gasteiger partial charge in [0.2, 0.25) is 6.41 Å². The molecule has 0 spiro atoms. The topological polar surface area (TPSA) is 83.6 Å². The Hall–Kier alpha value is -3.36. The van der Waals surface area contributed by atoms with E-state index in [-0.39, 0.29) is 5.82 Å². The molecule has 142 valence electrons. The quantitative estimate of drug-likeness (QED) is 0.573. The fraction of sp³-hybridized carbons (Fsp3) is 0.167. The van der Waals surface area contributed by atoms with Crippen molar-refractivity contribution in [3.63, 3.8) is 0 Å². The lowest BCUT2D eigenvalue weighted by Gasteiger charge is -2.16. The summed E-state index contributed by atoms with van der Waals surface area (Å²) in [5.74, 6) is -0.0850. The zero-order valence-corrected chi connectivity index (χ0v) is 14.4. The first-order chi connectivity index (χ1) is 12.8. The second kappa shape index (κ2) is 8.84. The summed E-state index contributed by atoms with van der Waals surface area (Å²) >= 11 is 0. The molecular formula is C18H18F3N5O. The van der Waals surface area contributed by atoms with E-state index in [1.165, 1.54) is 23.2 Å². The smallest absolute Gasteiger partial charge is 0.403 e. The summed E-state index contributed by atoms with van der Waals surface area (Å²) in [6.45, 7) is 0.387. The van der Waals surface area contributed by atoms with Crippen LogP contribution in [0.25, 0.3) is 0 Å². The summed E-state index contributed by atoms with van der Waals surface area (Å²) in [7, 11) is 1.62. The number of hydrogen-bond acceptors (Lipinski definition) is 5. The van der Waals surface area contributed by atoms with Gasteiger partial charge in [-0.05, 0) is 29.8 Å². The number of allylic oxidation sites excluding steroid dienone is 1. The van der Waals surface area contributed by atoms with Crippen LogP contribution in [0.1, 0.15) is 5.56 Å². The predicted octanol–water partition coefficient (Wildman–Crippen LogP) is 3.22. The van der Waals surface area contributed by atoms with Crippen LogP contribution in [-0.4, -0.2) is 35.2 Å². The number of anilines is 1. The molecule has 0 fully saturated rings. The van der Waals surface area contributed by atoms with Crippen LogP contribution >= 0.6 is 0 Å². The molecule has 1 aromatic carbocycles. The second-order valence-electron chi connectivity index (χ2n) is 5.57. The number of pyridine rings is 1. The molecule has 6 nitrogen and oxygen atoms in total. The molecule has 0 saturated carbocycles. The number of halogens is 3. The van der Waals surface area contributed by atoms with Gasteiger partial charge in [-0.15, -0.1) is 0 Å². The van der Waals surface area contributed by atoms with Crippen LogP contribution < -0.4 is 11.1 Å². The molecule has 0 aliphatic heterocycles. The highest BCUT2D eigenvalue weighted by Crippen LogP contribution is 2.26. The first-order valence-corrected chi connectivity index (χ1v) is 7.84. The Labute approximate surface area is 154 Å². The van der Waals surface area contributed by atoms with Gasteiger partial charge >= 0.3 is 6.18 Å². The summed E-state index contributed by atoms with van der Waals surface area (Å²) in [6.07, 6.45) is -1.89. The third kappa shape index (κ3) is 5.84. The molecule has 0 bridgehead atoms. The molecule has 0 atom stereocenters. The molecule has 1 heterocycles. The van der Waals surface area contributed by atoms with Crippen molar-refractivity contribution >= 4 is 23.6 Å². The lowest BCUT2D eigenvalue weighted by Crippen LogP contribution is -2.29. The van der Waals surface area contributed by atoms with Crippen molar-refractivity contribution in [2.24, 2.45) is 10.7 Å². The number of carbonyl (C=O) groups excluding carboxylic acids is 1. The van der Waals surface area contributed by atoms with E-state index in [1.54, 1.807) is 37.4 Å².